The van der Waals surface area contributed by atoms with Crippen LogP contribution in [0.15, 0.2) is 24.3 Å². The smallest absolute Gasteiger partial charge is 0.119 e. The third-order valence-electron chi connectivity index (χ3n) is 3.76. The predicted octanol–water partition coefficient (Wildman–Crippen LogP) is 2.54. The fraction of sp³-hybridized carbons (Fsp3) is 0.529. The van der Waals surface area contributed by atoms with Gasteiger partial charge in [-0.05, 0) is 43.9 Å². The van der Waals surface area contributed by atoms with Crippen LogP contribution in [0, 0.1) is 6.92 Å². The number of aromatic nitrogens is 3. The molecule has 0 aliphatic heterocycles. The van der Waals surface area contributed by atoms with Crippen LogP contribution in [0.25, 0.3) is 0 Å². The molecule has 0 amide bonds. The maximum absolute atomic E-state index is 8.87. The van der Waals surface area contributed by atoms with E-state index in [2.05, 4.69) is 29.4 Å². The van der Waals surface area contributed by atoms with Crippen LogP contribution in [-0.4, -0.2) is 33.3 Å². The topological polar surface area (TPSA) is 60.2 Å². The largest absolute Gasteiger partial charge is 0.494 e. The van der Waals surface area contributed by atoms with E-state index in [0.717, 1.165) is 49.4 Å². The van der Waals surface area contributed by atoms with Gasteiger partial charge in [0.05, 0.1) is 18.0 Å². The number of nitrogens with zero attached hydrogens (tertiary/aromatic N) is 3. The van der Waals surface area contributed by atoms with Gasteiger partial charge in [0.15, 0.2) is 0 Å². The van der Waals surface area contributed by atoms with E-state index in [1.165, 1.54) is 5.56 Å². The first-order valence-corrected chi connectivity index (χ1v) is 7.96. The monoisotopic (exact) mass is 303 g/mol. The highest BCUT2D eigenvalue weighted by Gasteiger charge is 2.07. The highest BCUT2D eigenvalue weighted by Crippen LogP contribution is 2.13. The Morgan fingerprint density at radius 1 is 1.18 bits per heavy atom. The van der Waals surface area contributed by atoms with Crippen molar-refractivity contribution in [1.82, 2.24) is 15.0 Å². The molecule has 1 aromatic heterocycles. The van der Waals surface area contributed by atoms with Crippen LogP contribution in [0.5, 0.6) is 5.75 Å². The SMILES string of the molecule is CCc1ccc(OCCCn2nnc(CCCO)c2C)cc1. The number of benzene rings is 1. The van der Waals surface area contributed by atoms with Gasteiger partial charge >= 0.3 is 0 Å². The second-order valence-electron chi connectivity index (χ2n) is 5.37. The molecule has 0 fully saturated rings. The molecule has 0 saturated heterocycles. The minimum absolute atomic E-state index is 0.191. The van der Waals surface area contributed by atoms with Gasteiger partial charge < -0.3 is 9.84 Å². The molecule has 22 heavy (non-hydrogen) atoms. The van der Waals surface area contributed by atoms with Crippen molar-refractivity contribution in [1.29, 1.82) is 0 Å². The van der Waals surface area contributed by atoms with Gasteiger partial charge in [-0.1, -0.05) is 24.3 Å². The summed E-state index contributed by atoms with van der Waals surface area (Å²) in [6.07, 6.45) is 3.45. The van der Waals surface area contributed by atoms with Crippen molar-refractivity contribution in [2.45, 2.75) is 46.1 Å². The second kappa shape index (κ2) is 8.54. The average Bonchev–Trinajstić information content (AvgIpc) is 2.90. The van der Waals surface area contributed by atoms with Gasteiger partial charge in [0, 0.05) is 19.6 Å². The van der Waals surface area contributed by atoms with Gasteiger partial charge in [0.1, 0.15) is 5.75 Å². The van der Waals surface area contributed by atoms with E-state index in [1.807, 2.05) is 23.7 Å². The molecule has 2 rings (SSSR count). The fourth-order valence-corrected chi connectivity index (χ4v) is 2.31. The maximum atomic E-state index is 8.87. The number of aliphatic hydroxyl groups is 1. The van der Waals surface area contributed by atoms with Gasteiger partial charge in [0.2, 0.25) is 0 Å². The van der Waals surface area contributed by atoms with Gasteiger partial charge in [0.25, 0.3) is 0 Å². The summed E-state index contributed by atoms with van der Waals surface area (Å²) >= 11 is 0. The Bertz CT molecular complexity index is 564. The first-order chi connectivity index (χ1) is 10.7. The minimum Gasteiger partial charge on any atom is -0.494 e. The third kappa shape index (κ3) is 4.56. The number of hydrogen-bond donors (Lipinski definition) is 1. The lowest BCUT2D eigenvalue weighted by atomic mass is 10.2. The molecule has 0 radical (unpaired) electrons. The van der Waals surface area contributed by atoms with Crippen LogP contribution in [-0.2, 0) is 19.4 Å². The molecule has 0 bridgehead atoms. The van der Waals surface area contributed by atoms with E-state index >= 15 is 0 Å². The normalized spacial score (nSPS) is 10.9. The van der Waals surface area contributed by atoms with Crippen molar-refractivity contribution in [3.63, 3.8) is 0 Å². The van der Waals surface area contributed by atoms with Crippen LogP contribution in [0.3, 0.4) is 0 Å². The Morgan fingerprint density at radius 2 is 1.95 bits per heavy atom. The van der Waals surface area contributed by atoms with Crippen molar-refractivity contribution >= 4 is 0 Å². The van der Waals surface area contributed by atoms with Crippen molar-refractivity contribution in [2.75, 3.05) is 13.2 Å². The Hall–Kier alpha value is -1.88. The molecule has 120 valence electrons. The molecule has 0 aliphatic rings. The molecule has 0 atom stereocenters. The van der Waals surface area contributed by atoms with Crippen LogP contribution < -0.4 is 4.74 Å². The molecule has 5 nitrogen and oxygen atoms in total. The van der Waals surface area contributed by atoms with Gasteiger partial charge in [-0.25, -0.2) is 4.68 Å². The number of aryl methyl sites for hydroxylation is 3. The summed E-state index contributed by atoms with van der Waals surface area (Å²) in [5, 5.41) is 17.2. The molecule has 2 aromatic rings. The standard InChI is InChI=1S/C17H25N3O2/c1-3-15-7-9-16(10-8-15)22-13-5-11-20-14(2)17(18-19-20)6-4-12-21/h7-10,21H,3-6,11-13H2,1-2H3. The molecule has 0 saturated carbocycles. The highest BCUT2D eigenvalue weighted by molar-refractivity contribution is 5.27. The zero-order valence-corrected chi connectivity index (χ0v) is 13.5. The summed E-state index contributed by atoms with van der Waals surface area (Å²) in [6, 6.07) is 8.24. The van der Waals surface area contributed by atoms with E-state index in [0.29, 0.717) is 6.61 Å². The summed E-state index contributed by atoms with van der Waals surface area (Å²) in [5.74, 6) is 0.913. The molecular formula is C17H25N3O2. The summed E-state index contributed by atoms with van der Waals surface area (Å²) in [5.41, 5.74) is 3.38. The zero-order chi connectivity index (χ0) is 15.8. The fourth-order valence-electron chi connectivity index (χ4n) is 2.31. The van der Waals surface area contributed by atoms with Crippen molar-refractivity contribution in [3.05, 3.63) is 41.2 Å². The van der Waals surface area contributed by atoms with Gasteiger partial charge in [-0.3, -0.25) is 0 Å². The maximum Gasteiger partial charge on any atom is 0.119 e. The number of rotatable bonds is 9. The van der Waals surface area contributed by atoms with E-state index in [4.69, 9.17) is 9.84 Å². The molecule has 0 unspecified atom stereocenters. The molecule has 1 N–H and O–H groups in total. The molecule has 0 spiro atoms. The van der Waals surface area contributed by atoms with E-state index < -0.39 is 0 Å². The van der Waals surface area contributed by atoms with E-state index in [1.54, 1.807) is 0 Å². The predicted molar refractivity (Wildman–Crippen MR) is 86.1 cm³/mol. The molecule has 5 heteroatoms. The van der Waals surface area contributed by atoms with Crippen LogP contribution in [0.2, 0.25) is 0 Å². The van der Waals surface area contributed by atoms with Crippen molar-refractivity contribution in [2.24, 2.45) is 0 Å². The lowest BCUT2D eigenvalue weighted by Gasteiger charge is -2.07. The first-order valence-electron chi connectivity index (χ1n) is 7.96. The average molecular weight is 303 g/mol. The summed E-state index contributed by atoms with van der Waals surface area (Å²) < 4.78 is 7.66. The first kappa shape index (κ1) is 16.5. The number of hydrogen-bond acceptors (Lipinski definition) is 4. The van der Waals surface area contributed by atoms with E-state index in [-0.39, 0.29) is 6.61 Å². The van der Waals surface area contributed by atoms with Gasteiger partial charge in [-0.15, -0.1) is 5.10 Å². The molecule has 1 aromatic carbocycles. The zero-order valence-electron chi connectivity index (χ0n) is 13.5. The number of ether oxygens (including phenoxy) is 1. The van der Waals surface area contributed by atoms with Crippen molar-refractivity contribution < 1.29 is 9.84 Å². The quantitative estimate of drug-likeness (QED) is 0.723. The van der Waals surface area contributed by atoms with Crippen LogP contribution in [0.1, 0.15) is 36.7 Å². The highest BCUT2D eigenvalue weighted by atomic mass is 16.5. The summed E-state index contributed by atoms with van der Waals surface area (Å²) in [7, 11) is 0. The Labute approximate surface area is 131 Å². The molecule has 1 heterocycles. The molecule has 0 aliphatic carbocycles. The van der Waals surface area contributed by atoms with Crippen LogP contribution in [0.4, 0.5) is 0 Å². The van der Waals surface area contributed by atoms with Gasteiger partial charge in [-0.2, -0.15) is 0 Å². The third-order valence-corrected chi connectivity index (χ3v) is 3.76. The van der Waals surface area contributed by atoms with Crippen LogP contribution >= 0.6 is 0 Å². The molecular weight excluding hydrogens is 278 g/mol. The summed E-state index contributed by atoms with van der Waals surface area (Å²) in [6.45, 7) is 5.82. The van der Waals surface area contributed by atoms with E-state index in [9.17, 15) is 0 Å². The second-order valence-corrected chi connectivity index (χ2v) is 5.37. The number of aliphatic hydroxyl groups excluding tert-OH is 1. The lowest BCUT2D eigenvalue weighted by Crippen LogP contribution is -2.07. The lowest BCUT2D eigenvalue weighted by molar-refractivity contribution is 0.288. The Morgan fingerprint density at radius 3 is 2.64 bits per heavy atom. The Kier molecular flexibility index (Phi) is 6.40. The minimum atomic E-state index is 0.191. The Balaban J connectivity index is 1.75. The van der Waals surface area contributed by atoms with Crippen molar-refractivity contribution in [3.8, 4) is 5.75 Å². The summed E-state index contributed by atoms with van der Waals surface area (Å²) in [4.78, 5) is 0.